The quantitative estimate of drug-likeness (QED) is 0.811. The smallest absolute Gasteiger partial charge is 0.240 e. The van der Waals surface area contributed by atoms with Crippen molar-refractivity contribution in [1.29, 1.82) is 0 Å². The summed E-state index contributed by atoms with van der Waals surface area (Å²) in [5.41, 5.74) is 6.46. The Morgan fingerprint density at radius 1 is 1.43 bits per heavy atom. The highest BCUT2D eigenvalue weighted by atomic mass is 16.5. The number of ether oxygens (including phenoxy) is 1. The van der Waals surface area contributed by atoms with Crippen LogP contribution >= 0.6 is 0 Å². The molecule has 1 aromatic rings. The van der Waals surface area contributed by atoms with E-state index in [1.54, 1.807) is 7.11 Å². The largest absolute Gasteiger partial charge is 0.497 e. The highest BCUT2D eigenvalue weighted by Crippen LogP contribution is 2.41. The number of nitrogens with two attached hydrogens (primary N) is 1. The number of carbonyl (C=O) groups excluding carboxylic acids is 1. The van der Waals surface area contributed by atoms with Gasteiger partial charge in [0.1, 0.15) is 5.75 Å². The van der Waals surface area contributed by atoms with Gasteiger partial charge in [0, 0.05) is 0 Å². The zero-order valence-corrected chi connectivity index (χ0v) is 13.2. The number of amides is 1. The van der Waals surface area contributed by atoms with Crippen molar-refractivity contribution in [2.75, 3.05) is 7.11 Å². The van der Waals surface area contributed by atoms with Crippen LogP contribution in [-0.2, 0) is 4.79 Å². The van der Waals surface area contributed by atoms with Crippen molar-refractivity contribution in [2.45, 2.75) is 51.1 Å². The Balaban J connectivity index is 2.10. The van der Waals surface area contributed by atoms with Crippen LogP contribution in [0.2, 0.25) is 0 Å². The van der Waals surface area contributed by atoms with Gasteiger partial charge in [-0.25, -0.2) is 0 Å². The van der Waals surface area contributed by atoms with Crippen molar-refractivity contribution in [2.24, 2.45) is 11.7 Å². The third-order valence-corrected chi connectivity index (χ3v) is 4.14. The van der Waals surface area contributed by atoms with E-state index in [1.807, 2.05) is 38.1 Å². The highest BCUT2D eigenvalue weighted by Gasteiger charge is 2.36. The van der Waals surface area contributed by atoms with E-state index in [0.717, 1.165) is 30.6 Å². The van der Waals surface area contributed by atoms with Gasteiger partial charge in [-0.1, -0.05) is 25.5 Å². The molecule has 0 saturated heterocycles. The molecule has 21 heavy (non-hydrogen) atoms. The fourth-order valence-corrected chi connectivity index (χ4v) is 2.65. The number of methoxy groups -OCH3 is 1. The number of hydrogen-bond acceptors (Lipinski definition) is 3. The maximum absolute atomic E-state index is 12.4. The van der Waals surface area contributed by atoms with Crippen LogP contribution in [0.25, 0.3) is 0 Å². The molecule has 1 saturated carbocycles. The first kappa shape index (κ1) is 15.8. The molecule has 0 aromatic heterocycles. The standard InChI is InChI=1S/C17H26N2O2/c1-4-11-17(2,18)16(20)19-15(12-5-6-12)13-7-9-14(21-3)10-8-13/h7-10,12,15H,4-6,11,18H2,1-3H3,(H,19,20). The Morgan fingerprint density at radius 2 is 2.05 bits per heavy atom. The lowest BCUT2D eigenvalue weighted by Gasteiger charge is -2.27. The van der Waals surface area contributed by atoms with Gasteiger partial charge in [-0.05, 0) is 49.8 Å². The molecule has 0 heterocycles. The Hall–Kier alpha value is -1.55. The molecule has 2 atom stereocenters. The van der Waals surface area contributed by atoms with Gasteiger partial charge in [-0.3, -0.25) is 4.79 Å². The van der Waals surface area contributed by atoms with Gasteiger partial charge in [0.2, 0.25) is 5.91 Å². The second-order valence-electron chi connectivity index (χ2n) is 6.23. The van der Waals surface area contributed by atoms with Crippen LogP contribution in [0.5, 0.6) is 5.75 Å². The summed E-state index contributed by atoms with van der Waals surface area (Å²) < 4.78 is 5.18. The summed E-state index contributed by atoms with van der Waals surface area (Å²) in [6.45, 7) is 3.85. The topological polar surface area (TPSA) is 64.4 Å². The van der Waals surface area contributed by atoms with Crippen molar-refractivity contribution < 1.29 is 9.53 Å². The molecule has 116 valence electrons. The van der Waals surface area contributed by atoms with E-state index in [1.165, 1.54) is 0 Å². The Morgan fingerprint density at radius 3 is 2.52 bits per heavy atom. The van der Waals surface area contributed by atoms with E-state index < -0.39 is 5.54 Å². The van der Waals surface area contributed by atoms with Crippen molar-refractivity contribution in [3.63, 3.8) is 0 Å². The fraction of sp³-hybridized carbons (Fsp3) is 0.588. The Labute approximate surface area is 127 Å². The van der Waals surface area contributed by atoms with E-state index in [2.05, 4.69) is 5.32 Å². The normalized spacial score (nSPS) is 18.7. The maximum Gasteiger partial charge on any atom is 0.240 e. The van der Waals surface area contributed by atoms with Gasteiger partial charge in [0.25, 0.3) is 0 Å². The SMILES string of the molecule is CCCC(C)(N)C(=O)NC(c1ccc(OC)cc1)C1CC1. The Bertz CT molecular complexity index is 478. The van der Waals surface area contributed by atoms with Crippen molar-refractivity contribution in [3.05, 3.63) is 29.8 Å². The summed E-state index contributed by atoms with van der Waals surface area (Å²) in [4.78, 5) is 12.4. The first-order valence-corrected chi connectivity index (χ1v) is 7.71. The minimum absolute atomic E-state index is 0.0583. The van der Waals surface area contributed by atoms with Gasteiger partial charge < -0.3 is 15.8 Å². The van der Waals surface area contributed by atoms with E-state index in [-0.39, 0.29) is 11.9 Å². The summed E-state index contributed by atoms with van der Waals surface area (Å²) in [5, 5.41) is 3.15. The molecule has 1 amide bonds. The highest BCUT2D eigenvalue weighted by molar-refractivity contribution is 5.86. The predicted molar refractivity (Wildman–Crippen MR) is 84.1 cm³/mol. The van der Waals surface area contributed by atoms with E-state index in [4.69, 9.17) is 10.5 Å². The molecule has 4 nitrogen and oxygen atoms in total. The third kappa shape index (κ3) is 3.97. The van der Waals surface area contributed by atoms with Gasteiger partial charge in [0.15, 0.2) is 0 Å². The number of hydrogen-bond donors (Lipinski definition) is 2. The van der Waals surface area contributed by atoms with Gasteiger partial charge in [-0.2, -0.15) is 0 Å². The molecule has 0 aliphatic heterocycles. The molecule has 0 radical (unpaired) electrons. The van der Waals surface area contributed by atoms with Crippen molar-refractivity contribution >= 4 is 5.91 Å². The summed E-state index contributed by atoms with van der Waals surface area (Å²) >= 11 is 0. The lowest BCUT2D eigenvalue weighted by Crippen LogP contribution is -2.52. The molecule has 1 fully saturated rings. The number of benzene rings is 1. The maximum atomic E-state index is 12.4. The van der Waals surface area contributed by atoms with Gasteiger partial charge >= 0.3 is 0 Å². The van der Waals surface area contributed by atoms with Crippen LogP contribution in [0, 0.1) is 5.92 Å². The van der Waals surface area contributed by atoms with Crippen LogP contribution in [-0.4, -0.2) is 18.6 Å². The molecule has 1 aliphatic rings. The molecule has 0 bridgehead atoms. The monoisotopic (exact) mass is 290 g/mol. The number of carbonyl (C=O) groups is 1. The summed E-state index contributed by atoms with van der Waals surface area (Å²) in [5.74, 6) is 1.30. The van der Waals surface area contributed by atoms with E-state index in [9.17, 15) is 4.79 Å². The van der Waals surface area contributed by atoms with Gasteiger partial charge in [0.05, 0.1) is 18.7 Å². The van der Waals surface area contributed by atoms with Crippen LogP contribution in [0.15, 0.2) is 24.3 Å². The molecule has 1 aromatic carbocycles. The first-order valence-electron chi connectivity index (χ1n) is 7.71. The first-order chi connectivity index (χ1) is 9.97. The predicted octanol–water partition coefficient (Wildman–Crippen LogP) is 2.78. The fourth-order valence-electron chi connectivity index (χ4n) is 2.65. The van der Waals surface area contributed by atoms with Crippen LogP contribution in [0.1, 0.15) is 51.1 Å². The summed E-state index contributed by atoms with van der Waals surface area (Å²) in [7, 11) is 1.65. The second-order valence-corrected chi connectivity index (χ2v) is 6.23. The average molecular weight is 290 g/mol. The van der Waals surface area contributed by atoms with Crippen LogP contribution in [0.4, 0.5) is 0 Å². The molecule has 0 spiro atoms. The third-order valence-electron chi connectivity index (χ3n) is 4.14. The van der Waals surface area contributed by atoms with E-state index in [0.29, 0.717) is 12.3 Å². The molecular formula is C17H26N2O2. The van der Waals surface area contributed by atoms with E-state index >= 15 is 0 Å². The molecule has 2 unspecified atom stereocenters. The van der Waals surface area contributed by atoms with Crippen LogP contribution < -0.4 is 15.8 Å². The molecule has 4 heteroatoms. The molecular weight excluding hydrogens is 264 g/mol. The second kappa shape index (κ2) is 6.48. The van der Waals surface area contributed by atoms with Gasteiger partial charge in [-0.15, -0.1) is 0 Å². The Kier molecular flexibility index (Phi) is 4.88. The zero-order chi connectivity index (χ0) is 15.5. The van der Waals surface area contributed by atoms with Crippen molar-refractivity contribution in [1.82, 2.24) is 5.32 Å². The zero-order valence-electron chi connectivity index (χ0n) is 13.2. The number of nitrogens with one attached hydrogen (secondary N) is 1. The minimum Gasteiger partial charge on any atom is -0.497 e. The molecule has 2 rings (SSSR count). The minimum atomic E-state index is -0.797. The lowest BCUT2D eigenvalue weighted by molar-refractivity contribution is -0.127. The molecule has 3 N–H and O–H groups in total. The average Bonchev–Trinajstić information content (AvgIpc) is 3.29. The lowest BCUT2D eigenvalue weighted by atomic mass is 9.94. The van der Waals surface area contributed by atoms with Crippen molar-refractivity contribution in [3.8, 4) is 5.75 Å². The summed E-state index contributed by atoms with van der Waals surface area (Å²) in [6, 6.07) is 7.98. The van der Waals surface area contributed by atoms with Crippen LogP contribution in [0.3, 0.4) is 0 Å². The molecule has 1 aliphatic carbocycles. The number of rotatable bonds is 7. The summed E-state index contributed by atoms with van der Waals surface area (Å²) in [6.07, 6.45) is 3.91.